The third kappa shape index (κ3) is 3.90. The molecule has 1 spiro atoms. The minimum atomic E-state index is 0.170. The summed E-state index contributed by atoms with van der Waals surface area (Å²) >= 11 is 0. The van der Waals surface area contributed by atoms with Crippen LogP contribution in [-0.4, -0.2) is 50.3 Å². The lowest BCUT2D eigenvalue weighted by molar-refractivity contribution is -0.0975. The Morgan fingerprint density at radius 1 is 1.12 bits per heavy atom. The lowest BCUT2D eigenvalue weighted by atomic mass is 9.66. The average Bonchev–Trinajstić information content (AvgIpc) is 3.49. The van der Waals surface area contributed by atoms with Crippen LogP contribution in [-0.2, 0) is 9.47 Å². The summed E-state index contributed by atoms with van der Waals surface area (Å²) in [4.78, 5) is 14.7. The Hall–Kier alpha value is -1.39. The highest BCUT2D eigenvalue weighted by Gasteiger charge is 2.44. The van der Waals surface area contributed by atoms with Crippen LogP contribution in [0.5, 0.6) is 0 Å². The van der Waals surface area contributed by atoms with Gasteiger partial charge in [-0.1, -0.05) is 18.2 Å². The van der Waals surface area contributed by atoms with Gasteiger partial charge in [0, 0.05) is 37.8 Å². The highest BCUT2D eigenvalue weighted by atomic mass is 16.5. The average molecular weight is 343 g/mol. The minimum Gasteiger partial charge on any atom is -0.381 e. The number of hydrogen-bond acceptors (Lipinski definition) is 3. The Morgan fingerprint density at radius 3 is 2.60 bits per heavy atom. The number of hydrogen-bond donors (Lipinski definition) is 0. The Labute approximate surface area is 150 Å². The number of piperidine rings is 1. The first-order valence-corrected chi connectivity index (χ1v) is 9.77. The fourth-order valence-electron chi connectivity index (χ4n) is 4.34. The van der Waals surface area contributed by atoms with Crippen molar-refractivity contribution >= 4 is 5.91 Å². The van der Waals surface area contributed by atoms with Crippen molar-refractivity contribution in [3.8, 4) is 0 Å². The van der Waals surface area contributed by atoms with Gasteiger partial charge in [0.05, 0.1) is 13.2 Å². The van der Waals surface area contributed by atoms with Crippen LogP contribution in [0.25, 0.3) is 0 Å². The van der Waals surface area contributed by atoms with Gasteiger partial charge in [0.15, 0.2) is 0 Å². The molecule has 3 fully saturated rings. The van der Waals surface area contributed by atoms with Gasteiger partial charge in [-0.15, -0.1) is 0 Å². The maximum Gasteiger partial charge on any atom is 0.253 e. The van der Waals surface area contributed by atoms with Crippen molar-refractivity contribution < 1.29 is 14.3 Å². The fraction of sp³-hybridized carbons (Fsp3) is 0.667. The van der Waals surface area contributed by atoms with Gasteiger partial charge in [0.25, 0.3) is 5.91 Å². The van der Waals surface area contributed by atoms with Gasteiger partial charge in [-0.2, -0.15) is 0 Å². The predicted octanol–water partition coefficient (Wildman–Crippen LogP) is 3.37. The molecule has 4 heteroatoms. The van der Waals surface area contributed by atoms with Crippen molar-refractivity contribution in [1.29, 1.82) is 0 Å². The van der Waals surface area contributed by atoms with Gasteiger partial charge >= 0.3 is 0 Å². The highest BCUT2D eigenvalue weighted by molar-refractivity contribution is 5.94. The Morgan fingerprint density at radius 2 is 1.88 bits per heavy atom. The summed E-state index contributed by atoms with van der Waals surface area (Å²) in [7, 11) is 0. The predicted molar refractivity (Wildman–Crippen MR) is 96.5 cm³/mol. The molecule has 1 aromatic carbocycles. The highest BCUT2D eigenvalue weighted by Crippen LogP contribution is 2.45. The second-order valence-corrected chi connectivity index (χ2v) is 8.02. The first kappa shape index (κ1) is 17.0. The van der Waals surface area contributed by atoms with Crippen LogP contribution in [0.3, 0.4) is 0 Å². The van der Waals surface area contributed by atoms with Gasteiger partial charge in [-0.3, -0.25) is 4.79 Å². The summed E-state index contributed by atoms with van der Waals surface area (Å²) in [6.07, 6.45) is 5.93. The number of likely N-dealkylation sites (tertiary alicyclic amines) is 1. The van der Waals surface area contributed by atoms with Crippen molar-refractivity contribution in [1.82, 2.24) is 4.90 Å². The second-order valence-electron chi connectivity index (χ2n) is 8.02. The van der Waals surface area contributed by atoms with Crippen LogP contribution < -0.4 is 0 Å². The summed E-state index contributed by atoms with van der Waals surface area (Å²) in [6, 6.07) is 9.65. The molecule has 0 aromatic heterocycles. The molecule has 0 bridgehead atoms. The quantitative estimate of drug-likeness (QED) is 0.823. The smallest absolute Gasteiger partial charge is 0.253 e. The molecule has 3 aliphatic rings. The van der Waals surface area contributed by atoms with E-state index in [1.54, 1.807) is 0 Å². The number of rotatable bonds is 5. The van der Waals surface area contributed by atoms with E-state index < -0.39 is 0 Å². The Kier molecular flexibility index (Phi) is 5.09. The molecule has 2 saturated heterocycles. The van der Waals surface area contributed by atoms with E-state index in [2.05, 4.69) is 0 Å². The fourth-order valence-corrected chi connectivity index (χ4v) is 4.34. The number of ether oxygens (including phenoxy) is 2. The first-order valence-electron chi connectivity index (χ1n) is 9.77. The maximum absolute atomic E-state index is 12.7. The number of carbonyl (C=O) groups excluding carboxylic acids is 1. The maximum atomic E-state index is 12.7. The molecule has 2 aliphatic heterocycles. The molecule has 4 rings (SSSR count). The molecule has 0 radical (unpaired) electrons. The van der Waals surface area contributed by atoms with E-state index in [1.165, 1.54) is 12.8 Å². The monoisotopic (exact) mass is 343 g/mol. The second kappa shape index (κ2) is 7.46. The van der Waals surface area contributed by atoms with Crippen molar-refractivity contribution in [2.45, 2.75) is 32.1 Å². The van der Waals surface area contributed by atoms with Gasteiger partial charge < -0.3 is 14.4 Å². The largest absolute Gasteiger partial charge is 0.381 e. The standard InChI is InChI=1S/C21H29NO3/c23-20(18-4-2-1-3-5-18)22-11-8-21(9-12-22)10-13-24-15-19(21)16-25-14-17-6-7-17/h1-5,17,19H,6-16H2/t19-/m0/s1. The van der Waals surface area contributed by atoms with E-state index in [4.69, 9.17) is 9.47 Å². The molecule has 0 N–H and O–H groups in total. The van der Waals surface area contributed by atoms with Crippen LogP contribution in [0.1, 0.15) is 42.5 Å². The van der Waals surface area contributed by atoms with Gasteiger partial charge in [0.2, 0.25) is 0 Å². The molecule has 1 saturated carbocycles. The molecule has 0 unspecified atom stereocenters. The Balaban J connectivity index is 1.35. The SMILES string of the molecule is O=C(c1ccccc1)N1CCC2(CCOC[C@H]2COCC2CC2)CC1. The summed E-state index contributed by atoms with van der Waals surface area (Å²) in [5, 5.41) is 0. The molecular weight excluding hydrogens is 314 g/mol. The van der Waals surface area contributed by atoms with Gasteiger partial charge in [-0.25, -0.2) is 0 Å². The van der Waals surface area contributed by atoms with E-state index in [0.29, 0.717) is 11.3 Å². The molecule has 25 heavy (non-hydrogen) atoms. The number of carbonyl (C=O) groups is 1. The number of nitrogens with zero attached hydrogens (tertiary/aromatic N) is 1. The molecule has 136 valence electrons. The number of amides is 1. The van der Waals surface area contributed by atoms with Gasteiger partial charge in [-0.05, 0) is 55.6 Å². The van der Waals surface area contributed by atoms with E-state index >= 15 is 0 Å². The van der Waals surface area contributed by atoms with Gasteiger partial charge in [0.1, 0.15) is 0 Å². The third-order valence-corrected chi connectivity index (χ3v) is 6.37. The van der Waals surface area contributed by atoms with E-state index in [9.17, 15) is 4.79 Å². The van der Waals surface area contributed by atoms with Crippen molar-refractivity contribution in [2.75, 3.05) is 39.5 Å². The summed E-state index contributed by atoms with van der Waals surface area (Å²) in [5.41, 5.74) is 1.10. The van der Waals surface area contributed by atoms with Crippen molar-refractivity contribution in [2.24, 2.45) is 17.3 Å². The summed E-state index contributed by atoms with van der Waals surface area (Å²) < 4.78 is 11.8. The first-order chi connectivity index (χ1) is 12.3. The zero-order valence-corrected chi connectivity index (χ0v) is 15.0. The molecule has 1 aliphatic carbocycles. The van der Waals surface area contributed by atoms with Crippen molar-refractivity contribution in [3.63, 3.8) is 0 Å². The van der Waals surface area contributed by atoms with Crippen LogP contribution >= 0.6 is 0 Å². The summed E-state index contributed by atoms with van der Waals surface area (Å²) in [6.45, 7) is 5.12. The third-order valence-electron chi connectivity index (χ3n) is 6.37. The molecule has 1 amide bonds. The number of benzene rings is 1. The van der Waals surface area contributed by atoms with E-state index in [1.807, 2.05) is 35.2 Å². The lowest BCUT2D eigenvalue weighted by Crippen LogP contribution is -2.50. The van der Waals surface area contributed by atoms with Crippen LogP contribution in [0.15, 0.2) is 30.3 Å². The molecular formula is C21H29NO3. The van der Waals surface area contributed by atoms with Crippen molar-refractivity contribution in [3.05, 3.63) is 35.9 Å². The minimum absolute atomic E-state index is 0.170. The molecule has 1 aromatic rings. The van der Waals surface area contributed by atoms with E-state index in [0.717, 1.165) is 70.3 Å². The lowest BCUT2D eigenvalue weighted by Gasteiger charge is -2.49. The zero-order valence-electron chi connectivity index (χ0n) is 15.0. The topological polar surface area (TPSA) is 38.8 Å². The van der Waals surface area contributed by atoms with Crippen LogP contribution in [0, 0.1) is 17.3 Å². The molecule has 4 nitrogen and oxygen atoms in total. The van der Waals surface area contributed by atoms with Crippen LogP contribution in [0.2, 0.25) is 0 Å². The normalized spacial score (nSPS) is 25.9. The molecule has 2 heterocycles. The van der Waals surface area contributed by atoms with Crippen LogP contribution in [0.4, 0.5) is 0 Å². The molecule has 1 atom stereocenters. The Bertz CT molecular complexity index is 576. The van der Waals surface area contributed by atoms with E-state index in [-0.39, 0.29) is 5.91 Å². The summed E-state index contributed by atoms with van der Waals surface area (Å²) in [5.74, 6) is 1.46. The zero-order chi connectivity index (χ0) is 17.1.